The van der Waals surface area contributed by atoms with Crippen LogP contribution in [0.1, 0.15) is 12.8 Å². The first-order chi connectivity index (χ1) is 13.0. The number of alkyl halides is 17. The van der Waals surface area contributed by atoms with Gasteiger partial charge in [-0.15, -0.1) is 0 Å². The van der Waals surface area contributed by atoms with Crippen LogP contribution in [0.3, 0.4) is 0 Å². The first kappa shape index (κ1) is 34.5. The van der Waals surface area contributed by atoms with E-state index in [1.165, 1.54) is 0 Å². The summed E-state index contributed by atoms with van der Waals surface area (Å²) in [5, 5.41) is -7.88. The molecule has 0 aromatic carbocycles. The molecule has 188 valence electrons. The van der Waals surface area contributed by atoms with Gasteiger partial charge in [0.1, 0.15) is 0 Å². The summed E-state index contributed by atoms with van der Waals surface area (Å²) in [6.07, 6.45) is -12.4. The minimum absolute atomic E-state index is 0. The van der Waals surface area contributed by atoms with Crippen LogP contribution in [-0.2, 0) is 10.1 Å². The Labute approximate surface area is 207 Å². The maximum Gasteiger partial charge on any atom is 1.00 e. The Morgan fingerprint density at radius 3 is 1.06 bits per heavy atom. The predicted molar refractivity (Wildman–Crippen MR) is 59.6 cm³/mol. The maximum atomic E-state index is 13.3. The Hall–Kier alpha value is 0.356. The molecule has 0 unspecified atom stereocenters. The van der Waals surface area contributed by atoms with Crippen molar-refractivity contribution in [1.29, 1.82) is 0 Å². The fourth-order valence-corrected chi connectivity index (χ4v) is 2.06. The van der Waals surface area contributed by atoms with Crippen molar-refractivity contribution in [2.45, 2.75) is 59.8 Å². The average Bonchev–Trinajstić information content (AvgIpc) is 2.50. The van der Waals surface area contributed by atoms with Crippen molar-refractivity contribution < 1.29 is 139 Å². The van der Waals surface area contributed by atoms with Crippen molar-refractivity contribution in [3.63, 3.8) is 0 Å². The topological polar surface area (TPSA) is 57.2 Å². The molecule has 0 atom stereocenters. The molecule has 0 fully saturated rings. The zero-order valence-corrected chi connectivity index (χ0v) is 18.4. The van der Waals surface area contributed by atoms with Gasteiger partial charge in [-0.25, -0.2) is 8.42 Å². The molecule has 0 bridgehead atoms. The molecule has 0 saturated heterocycles. The van der Waals surface area contributed by atoms with Gasteiger partial charge in [0.15, 0.2) is 10.1 Å². The predicted octanol–water partition coefficient (Wildman–Crippen LogP) is 2.28. The zero-order chi connectivity index (χ0) is 25.9. The van der Waals surface area contributed by atoms with E-state index in [0.717, 1.165) is 0 Å². The molecule has 32 heavy (non-hydrogen) atoms. The second kappa shape index (κ2) is 9.10. The Kier molecular flexibility index (Phi) is 9.82. The third-order valence-electron chi connectivity index (χ3n) is 3.44. The molecule has 0 radical (unpaired) electrons. The van der Waals surface area contributed by atoms with Crippen LogP contribution in [0, 0.1) is 0 Å². The van der Waals surface area contributed by atoms with Gasteiger partial charge in [0, 0.05) is 12.8 Å². The van der Waals surface area contributed by atoms with Gasteiger partial charge in [0.25, 0.3) is 0 Å². The summed E-state index contributed by atoms with van der Waals surface area (Å²) in [6, 6.07) is 0. The van der Waals surface area contributed by atoms with Crippen LogP contribution >= 0.6 is 0 Å². The number of hydrogen-bond acceptors (Lipinski definition) is 3. The van der Waals surface area contributed by atoms with E-state index in [9.17, 15) is 87.6 Å². The Morgan fingerprint density at radius 2 is 0.781 bits per heavy atom. The second-order valence-corrected chi connectivity index (χ2v) is 7.08. The first-order valence-corrected chi connectivity index (χ1v) is 8.03. The van der Waals surface area contributed by atoms with E-state index in [-0.39, 0.29) is 51.4 Å². The van der Waals surface area contributed by atoms with E-state index in [1.54, 1.807) is 0 Å². The third kappa shape index (κ3) is 5.29. The van der Waals surface area contributed by atoms with Crippen molar-refractivity contribution in [1.82, 2.24) is 0 Å². The summed E-state index contributed by atoms with van der Waals surface area (Å²) in [5.74, 6) is -49.3. The maximum absolute atomic E-state index is 13.3. The fourth-order valence-electron chi connectivity index (χ4n) is 1.62. The summed E-state index contributed by atoms with van der Waals surface area (Å²) < 4.78 is 249. The number of rotatable bonds is 9. The van der Waals surface area contributed by atoms with Crippen LogP contribution in [0.15, 0.2) is 0 Å². The van der Waals surface area contributed by atoms with Crippen molar-refractivity contribution in [2.24, 2.45) is 0 Å². The molecule has 0 saturated carbocycles. The summed E-state index contributed by atoms with van der Waals surface area (Å²) >= 11 is 0. The van der Waals surface area contributed by atoms with Gasteiger partial charge < -0.3 is 4.55 Å². The standard InChI is InChI=1S/C10H5F17O3S.K/c11-3(12,1-2-4(13,14)15)5(16,17)6(18,19)7(20,21)8(22,23)9(24,25)10(26,27)31(28,29)30;/h1-2H2,(H,28,29,30);/q;+1/p-1. The second-order valence-electron chi connectivity index (χ2n) is 5.66. The molecule has 0 amide bonds. The zero-order valence-electron chi connectivity index (χ0n) is 14.5. The van der Waals surface area contributed by atoms with Crippen LogP contribution in [0.2, 0.25) is 0 Å². The van der Waals surface area contributed by atoms with Gasteiger partial charge in [-0.2, -0.15) is 74.6 Å². The number of hydrogen-bond donors (Lipinski definition) is 0. The molecule has 0 aliphatic carbocycles. The molecule has 0 aliphatic heterocycles. The molecular weight excluding hydrogens is 562 g/mol. The van der Waals surface area contributed by atoms with Gasteiger partial charge in [-0.1, -0.05) is 0 Å². The van der Waals surface area contributed by atoms with Crippen molar-refractivity contribution >= 4 is 10.1 Å². The minimum Gasteiger partial charge on any atom is -0.743 e. The van der Waals surface area contributed by atoms with Gasteiger partial charge in [0.05, 0.1) is 0 Å². The summed E-state index contributed by atoms with van der Waals surface area (Å²) in [5.41, 5.74) is 0. The Bertz CT molecular complexity index is 772. The van der Waals surface area contributed by atoms with E-state index in [0.29, 0.717) is 0 Å². The van der Waals surface area contributed by atoms with Crippen molar-refractivity contribution in [3.8, 4) is 0 Å². The Morgan fingerprint density at radius 1 is 0.500 bits per heavy atom. The van der Waals surface area contributed by atoms with E-state index in [4.69, 9.17) is 0 Å². The molecule has 0 aromatic heterocycles. The van der Waals surface area contributed by atoms with E-state index >= 15 is 0 Å². The molecule has 22 heteroatoms. The van der Waals surface area contributed by atoms with E-state index in [2.05, 4.69) is 0 Å². The van der Waals surface area contributed by atoms with E-state index < -0.39 is 69.9 Å². The smallest absolute Gasteiger partial charge is 0.743 e. The van der Waals surface area contributed by atoms with Gasteiger partial charge in [-0.3, -0.25) is 0 Å². The van der Waals surface area contributed by atoms with Gasteiger partial charge in [-0.05, 0) is 0 Å². The third-order valence-corrected chi connectivity index (χ3v) is 4.32. The molecule has 3 nitrogen and oxygen atoms in total. The largest absolute Gasteiger partial charge is 1.00 e. The van der Waals surface area contributed by atoms with Gasteiger partial charge in [0.2, 0.25) is 0 Å². The van der Waals surface area contributed by atoms with Crippen LogP contribution in [0.4, 0.5) is 74.6 Å². The Balaban J connectivity index is 0. The van der Waals surface area contributed by atoms with Crippen molar-refractivity contribution in [3.05, 3.63) is 0 Å². The molecule has 0 heterocycles. The van der Waals surface area contributed by atoms with Crippen LogP contribution in [0.5, 0.6) is 0 Å². The molecule has 0 N–H and O–H groups in total. The molecular formula is C10H4F17KO3S. The monoisotopic (exact) mass is 566 g/mol. The number of halogens is 17. The molecule has 0 rings (SSSR count). The normalized spacial score (nSPS) is 16.1. The molecule has 0 aliphatic rings. The quantitative estimate of drug-likeness (QED) is 0.245. The average molecular weight is 566 g/mol. The van der Waals surface area contributed by atoms with Crippen LogP contribution in [-0.4, -0.2) is 59.9 Å². The van der Waals surface area contributed by atoms with Crippen molar-refractivity contribution in [2.75, 3.05) is 0 Å². The summed E-state index contributed by atoms with van der Waals surface area (Å²) in [6.45, 7) is 0. The van der Waals surface area contributed by atoms with Crippen LogP contribution < -0.4 is 51.4 Å². The van der Waals surface area contributed by atoms with Crippen LogP contribution in [0.25, 0.3) is 0 Å². The first-order valence-electron chi connectivity index (χ1n) is 6.62. The summed E-state index contributed by atoms with van der Waals surface area (Å²) in [4.78, 5) is 0. The van der Waals surface area contributed by atoms with E-state index in [1.807, 2.05) is 0 Å². The van der Waals surface area contributed by atoms with Gasteiger partial charge >= 0.3 is 98.4 Å². The molecule has 0 aromatic rings. The summed E-state index contributed by atoms with van der Waals surface area (Å²) in [7, 11) is -8.09. The minimum atomic E-state index is -8.69. The SMILES string of the molecule is O=S(=O)([O-])C(F)(F)C(F)(F)C(F)(F)C(F)(F)C(F)(F)C(F)(F)C(F)(F)CCC(F)(F)F.[K+]. The fraction of sp³-hybridized carbons (Fsp3) is 1.00. The molecule has 0 spiro atoms.